The zero-order valence-corrected chi connectivity index (χ0v) is 12.9. The molecule has 1 unspecified atom stereocenters. The van der Waals surface area contributed by atoms with E-state index in [0.717, 1.165) is 5.56 Å². The summed E-state index contributed by atoms with van der Waals surface area (Å²) in [7, 11) is 0. The zero-order valence-electron chi connectivity index (χ0n) is 9.71. The number of aryl methyl sites for hydroxylation is 2. The van der Waals surface area contributed by atoms with Gasteiger partial charge in [-0.1, -0.05) is 23.2 Å². The highest BCUT2D eigenvalue weighted by Crippen LogP contribution is 2.40. The highest BCUT2D eigenvalue weighted by Gasteiger charge is 2.20. The van der Waals surface area contributed by atoms with Crippen LogP contribution in [0.15, 0.2) is 12.1 Å². The van der Waals surface area contributed by atoms with Crippen molar-refractivity contribution in [2.24, 2.45) is 5.73 Å². The van der Waals surface area contributed by atoms with Crippen molar-refractivity contribution in [3.8, 4) is 0 Å². The second-order valence-electron chi connectivity index (χ2n) is 4.56. The molecule has 0 aromatic carbocycles. The fraction of sp³-hybridized carbons (Fsp3) is 0.385. The van der Waals surface area contributed by atoms with E-state index in [0.29, 0.717) is 8.67 Å². The first-order valence-corrected chi connectivity index (χ1v) is 8.36. The van der Waals surface area contributed by atoms with Crippen LogP contribution in [0.2, 0.25) is 8.67 Å². The second-order valence-corrected chi connectivity index (χ2v) is 8.02. The molecule has 1 atom stereocenters. The third-order valence-corrected chi connectivity index (χ3v) is 6.18. The lowest BCUT2D eigenvalue weighted by Gasteiger charge is -2.08. The predicted octanol–water partition coefficient (Wildman–Crippen LogP) is 5.04. The quantitative estimate of drug-likeness (QED) is 0.824. The van der Waals surface area contributed by atoms with E-state index in [1.165, 1.54) is 52.3 Å². The number of thiophene rings is 2. The number of rotatable bonds is 2. The Hall–Kier alpha value is -0.0600. The molecule has 2 N–H and O–H groups in total. The number of nitrogens with two attached hydrogens (primary N) is 1. The van der Waals surface area contributed by atoms with E-state index in [9.17, 15) is 0 Å². The monoisotopic (exact) mass is 317 g/mol. The summed E-state index contributed by atoms with van der Waals surface area (Å²) >= 11 is 15.4. The van der Waals surface area contributed by atoms with E-state index in [1.54, 1.807) is 0 Å². The summed E-state index contributed by atoms with van der Waals surface area (Å²) < 4.78 is 1.41. The summed E-state index contributed by atoms with van der Waals surface area (Å²) in [6.45, 7) is 0. The molecular formula is C13H13Cl2NS2. The average Bonchev–Trinajstić information content (AvgIpc) is 2.91. The zero-order chi connectivity index (χ0) is 12.7. The average molecular weight is 318 g/mol. The molecule has 0 saturated carbocycles. The molecule has 2 aromatic heterocycles. The van der Waals surface area contributed by atoms with Gasteiger partial charge in [0.15, 0.2) is 0 Å². The molecule has 5 heteroatoms. The second kappa shape index (κ2) is 5.14. The van der Waals surface area contributed by atoms with Crippen molar-refractivity contribution in [2.75, 3.05) is 0 Å². The molecule has 0 radical (unpaired) electrons. The third kappa shape index (κ3) is 2.35. The van der Waals surface area contributed by atoms with Gasteiger partial charge in [-0.05, 0) is 43.4 Å². The number of fused-ring (bicyclic) bond motifs is 1. The molecule has 0 fully saturated rings. The van der Waals surface area contributed by atoms with Crippen LogP contribution in [0.3, 0.4) is 0 Å². The molecule has 1 aliphatic carbocycles. The third-order valence-electron chi connectivity index (χ3n) is 3.34. The Kier molecular flexibility index (Phi) is 3.70. The molecule has 0 spiro atoms. The van der Waals surface area contributed by atoms with Crippen LogP contribution in [0.1, 0.15) is 39.8 Å². The first-order valence-electron chi connectivity index (χ1n) is 5.97. The molecule has 1 aliphatic rings. The number of hydrogen-bond acceptors (Lipinski definition) is 3. The molecule has 96 valence electrons. The van der Waals surface area contributed by atoms with Crippen LogP contribution < -0.4 is 5.73 Å². The van der Waals surface area contributed by atoms with Crippen molar-refractivity contribution in [3.63, 3.8) is 0 Å². The van der Waals surface area contributed by atoms with E-state index in [1.807, 2.05) is 17.4 Å². The lowest BCUT2D eigenvalue weighted by molar-refractivity contribution is 0.696. The molecule has 0 aliphatic heterocycles. The maximum Gasteiger partial charge on any atom is 0.0995 e. The summed E-state index contributed by atoms with van der Waals surface area (Å²) in [5.74, 6) is 0. The van der Waals surface area contributed by atoms with Crippen molar-refractivity contribution in [2.45, 2.75) is 31.7 Å². The van der Waals surface area contributed by atoms with Crippen LogP contribution in [0.5, 0.6) is 0 Å². The van der Waals surface area contributed by atoms with Crippen molar-refractivity contribution in [1.82, 2.24) is 0 Å². The van der Waals surface area contributed by atoms with Gasteiger partial charge in [-0.2, -0.15) is 0 Å². The van der Waals surface area contributed by atoms with Crippen LogP contribution in [0.4, 0.5) is 0 Å². The SMILES string of the molecule is NC(c1cc2c(s1)CCCC2)c1cc(Cl)sc1Cl. The van der Waals surface area contributed by atoms with E-state index in [2.05, 4.69) is 6.07 Å². The molecule has 2 aromatic rings. The number of halogens is 2. The van der Waals surface area contributed by atoms with E-state index in [-0.39, 0.29) is 6.04 Å². The number of hydrogen-bond donors (Lipinski definition) is 1. The maximum absolute atomic E-state index is 6.32. The smallest absolute Gasteiger partial charge is 0.0995 e. The Labute approximate surface area is 125 Å². The highest BCUT2D eigenvalue weighted by atomic mass is 35.5. The minimum absolute atomic E-state index is 0.142. The van der Waals surface area contributed by atoms with E-state index in [4.69, 9.17) is 28.9 Å². The Morgan fingerprint density at radius 3 is 2.56 bits per heavy atom. The molecular weight excluding hydrogens is 305 g/mol. The molecule has 0 bridgehead atoms. The van der Waals surface area contributed by atoms with Gasteiger partial charge in [0.1, 0.15) is 0 Å². The lowest BCUT2D eigenvalue weighted by atomic mass is 9.98. The van der Waals surface area contributed by atoms with Gasteiger partial charge in [0, 0.05) is 15.3 Å². The largest absolute Gasteiger partial charge is 0.320 e. The maximum atomic E-state index is 6.32. The summed E-state index contributed by atoms with van der Waals surface area (Å²) in [5.41, 5.74) is 8.75. The van der Waals surface area contributed by atoms with Crippen molar-refractivity contribution < 1.29 is 0 Å². The van der Waals surface area contributed by atoms with Crippen LogP contribution in [-0.2, 0) is 12.8 Å². The molecule has 1 nitrogen and oxygen atoms in total. The standard InChI is InChI=1S/C13H13Cl2NS2/c14-11-6-8(13(15)18-11)12(16)10-5-7-3-1-2-4-9(7)17-10/h5-6,12H,1-4,16H2. The summed E-state index contributed by atoms with van der Waals surface area (Å²) in [6.07, 6.45) is 4.98. The summed E-state index contributed by atoms with van der Waals surface area (Å²) in [5, 5.41) is 0. The van der Waals surface area contributed by atoms with Crippen LogP contribution >= 0.6 is 45.9 Å². The molecule has 0 saturated heterocycles. The van der Waals surface area contributed by atoms with Crippen molar-refractivity contribution >= 4 is 45.9 Å². The van der Waals surface area contributed by atoms with E-state index >= 15 is 0 Å². The minimum atomic E-state index is -0.142. The van der Waals surface area contributed by atoms with Gasteiger partial charge in [0.05, 0.1) is 14.7 Å². The summed E-state index contributed by atoms with van der Waals surface area (Å²) in [6, 6.07) is 4.00. The molecule has 0 amide bonds. The Morgan fingerprint density at radius 2 is 1.89 bits per heavy atom. The van der Waals surface area contributed by atoms with Gasteiger partial charge >= 0.3 is 0 Å². The van der Waals surface area contributed by atoms with Gasteiger partial charge in [0.25, 0.3) is 0 Å². The predicted molar refractivity (Wildman–Crippen MR) is 81.3 cm³/mol. The van der Waals surface area contributed by atoms with Gasteiger partial charge in [-0.3, -0.25) is 0 Å². The van der Waals surface area contributed by atoms with Crippen molar-refractivity contribution in [1.29, 1.82) is 0 Å². The first-order chi connectivity index (χ1) is 8.65. The molecule has 3 rings (SSSR count). The van der Waals surface area contributed by atoms with Crippen molar-refractivity contribution in [3.05, 3.63) is 41.7 Å². The molecule has 18 heavy (non-hydrogen) atoms. The Balaban J connectivity index is 1.94. The van der Waals surface area contributed by atoms with Gasteiger partial charge < -0.3 is 5.73 Å². The lowest BCUT2D eigenvalue weighted by Crippen LogP contribution is -2.09. The first kappa shape index (κ1) is 12.9. The summed E-state index contributed by atoms with van der Waals surface area (Å²) in [4.78, 5) is 2.71. The molecule has 2 heterocycles. The highest BCUT2D eigenvalue weighted by molar-refractivity contribution is 7.20. The minimum Gasteiger partial charge on any atom is -0.320 e. The van der Waals surface area contributed by atoms with Crippen LogP contribution in [0, 0.1) is 0 Å². The Morgan fingerprint density at radius 1 is 1.11 bits per heavy atom. The fourth-order valence-corrected chi connectivity index (χ4v) is 5.21. The normalized spacial score (nSPS) is 16.6. The fourth-order valence-electron chi connectivity index (χ4n) is 2.39. The van der Waals surface area contributed by atoms with Gasteiger partial charge in [0.2, 0.25) is 0 Å². The Bertz CT molecular complexity index is 550. The van der Waals surface area contributed by atoms with Crippen LogP contribution in [0.25, 0.3) is 0 Å². The topological polar surface area (TPSA) is 26.0 Å². The van der Waals surface area contributed by atoms with Crippen LogP contribution in [-0.4, -0.2) is 0 Å². The van der Waals surface area contributed by atoms with E-state index < -0.39 is 0 Å². The van der Waals surface area contributed by atoms with Gasteiger partial charge in [-0.25, -0.2) is 0 Å². The van der Waals surface area contributed by atoms with Gasteiger partial charge in [-0.15, -0.1) is 22.7 Å².